The van der Waals surface area contributed by atoms with E-state index in [-0.39, 0.29) is 24.7 Å². The van der Waals surface area contributed by atoms with Crippen molar-refractivity contribution >= 4 is 17.4 Å². The quantitative estimate of drug-likeness (QED) is 0.653. The Labute approximate surface area is 86.5 Å². The summed E-state index contributed by atoms with van der Waals surface area (Å²) in [6.07, 6.45) is -0.0738. The van der Waals surface area contributed by atoms with Crippen LogP contribution < -0.4 is 4.90 Å². The van der Waals surface area contributed by atoms with Gasteiger partial charge in [0.15, 0.2) is 5.78 Å². The minimum Gasteiger partial charge on any atom is -0.304 e. The molecule has 0 spiro atoms. The second kappa shape index (κ2) is 3.46. The summed E-state index contributed by atoms with van der Waals surface area (Å²) in [7, 11) is 0. The zero-order valence-electron chi connectivity index (χ0n) is 8.29. The van der Waals surface area contributed by atoms with Crippen molar-refractivity contribution in [3.8, 4) is 0 Å². The number of Topliss-reactive ketones (excluding diaryl/α,β-unsaturated/α-hetero) is 1. The topological polar surface area (TPSA) is 37.4 Å². The van der Waals surface area contributed by atoms with Gasteiger partial charge < -0.3 is 4.90 Å². The number of halogens is 1. The lowest BCUT2D eigenvalue weighted by Crippen LogP contribution is -2.24. The number of ketones is 1. The Hall–Kier alpha value is -1.71. The van der Waals surface area contributed by atoms with Crippen molar-refractivity contribution < 1.29 is 14.0 Å². The van der Waals surface area contributed by atoms with Gasteiger partial charge in [-0.3, -0.25) is 9.59 Å². The maximum absolute atomic E-state index is 13.1. The van der Waals surface area contributed by atoms with Crippen LogP contribution in [0.5, 0.6) is 0 Å². The number of nitrogens with zero attached hydrogens (tertiary/aromatic N) is 1. The van der Waals surface area contributed by atoms with E-state index in [1.807, 2.05) is 0 Å². The summed E-state index contributed by atoms with van der Waals surface area (Å²) in [6.45, 7) is 1.80. The zero-order valence-corrected chi connectivity index (χ0v) is 8.29. The number of hydrogen-bond acceptors (Lipinski definition) is 2. The number of aryl methyl sites for hydroxylation is 1. The number of anilines is 1. The molecule has 0 radical (unpaired) electrons. The number of rotatable bonds is 1. The molecule has 15 heavy (non-hydrogen) atoms. The van der Waals surface area contributed by atoms with Gasteiger partial charge in [0.25, 0.3) is 0 Å². The van der Waals surface area contributed by atoms with Crippen LogP contribution in [0.2, 0.25) is 0 Å². The van der Waals surface area contributed by atoms with Gasteiger partial charge in [-0.1, -0.05) is 0 Å². The fourth-order valence-electron chi connectivity index (χ4n) is 1.69. The van der Waals surface area contributed by atoms with E-state index in [9.17, 15) is 14.0 Å². The molecule has 1 saturated heterocycles. The highest BCUT2D eigenvalue weighted by atomic mass is 19.1. The molecule has 1 heterocycles. The summed E-state index contributed by atoms with van der Waals surface area (Å²) in [5.74, 6) is -0.774. The number of amides is 1. The van der Waals surface area contributed by atoms with E-state index in [1.54, 1.807) is 13.0 Å². The molecule has 0 aliphatic carbocycles. The lowest BCUT2D eigenvalue weighted by molar-refractivity contribution is -0.121. The smallest absolute Gasteiger partial charge is 0.234 e. The molecule has 3 nitrogen and oxygen atoms in total. The Balaban J connectivity index is 2.37. The highest BCUT2D eigenvalue weighted by Gasteiger charge is 2.28. The van der Waals surface area contributed by atoms with Crippen molar-refractivity contribution in [3.05, 3.63) is 29.6 Å². The third-order valence-electron chi connectivity index (χ3n) is 2.32. The predicted molar refractivity (Wildman–Crippen MR) is 53.1 cm³/mol. The van der Waals surface area contributed by atoms with Gasteiger partial charge in [0.05, 0.1) is 13.0 Å². The lowest BCUT2D eigenvalue weighted by Gasteiger charge is -2.15. The Morgan fingerprint density at radius 2 is 2.00 bits per heavy atom. The lowest BCUT2D eigenvalue weighted by atomic mass is 10.2. The predicted octanol–water partition coefficient (Wildman–Crippen LogP) is 1.44. The average molecular weight is 207 g/mol. The van der Waals surface area contributed by atoms with Crippen molar-refractivity contribution in [2.75, 3.05) is 11.4 Å². The summed E-state index contributed by atoms with van der Waals surface area (Å²) in [4.78, 5) is 23.8. The first-order valence-corrected chi connectivity index (χ1v) is 4.65. The van der Waals surface area contributed by atoms with Crippen molar-refractivity contribution in [3.63, 3.8) is 0 Å². The Bertz CT molecular complexity index is 422. The molecule has 0 unspecified atom stereocenters. The van der Waals surface area contributed by atoms with Gasteiger partial charge in [0.1, 0.15) is 5.82 Å². The van der Waals surface area contributed by atoms with Crippen LogP contribution in [0.25, 0.3) is 0 Å². The average Bonchev–Trinajstić information content (AvgIpc) is 2.43. The van der Waals surface area contributed by atoms with Crippen LogP contribution in [-0.4, -0.2) is 18.2 Å². The maximum atomic E-state index is 13.1. The molecule has 0 aromatic heterocycles. The largest absolute Gasteiger partial charge is 0.304 e. The number of carbonyl (C=O) groups excluding carboxylic acids is 2. The summed E-state index contributed by atoms with van der Waals surface area (Å²) in [5.41, 5.74) is 1.19. The van der Waals surface area contributed by atoms with E-state index in [2.05, 4.69) is 0 Å². The summed E-state index contributed by atoms with van der Waals surface area (Å²) in [6, 6.07) is 4.34. The third-order valence-corrected chi connectivity index (χ3v) is 2.32. The van der Waals surface area contributed by atoms with Gasteiger partial charge >= 0.3 is 0 Å². The van der Waals surface area contributed by atoms with Gasteiger partial charge in [-0.05, 0) is 30.7 Å². The summed E-state index contributed by atoms with van der Waals surface area (Å²) in [5, 5.41) is 0. The van der Waals surface area contributed by atoms with E-state index in [0.29, 0.717) is 5.69 Å². The van der Waals surface area contributed by atoms with E-state index in [1.165, 1.54) is 17.0 Å². The molecule has 2 rings (SSSR count). The van der Waals surface area contributed by atoms with Crippen LogP contribution in [0.15, 0.2) is 18.2 Å². The van der Waals surface area contributed by atoms with Crippen LogP contribution in [-0.2, 0) is 9.59 Å². The van der Waals surface area contributed by atoms with Gasteiger partial charge in [-0.2, -0.15) is 0 Å². The van der Waals surface area contributed by atoms with E-state index < -0.39 is 5.82 Å². The second-order valence-electron chi connectivity index (χ2n) is 3.68. The highest BCUT2D eigenvalue weighted by molar-refractivity contribution is 6.15. The molecule has 0 N–H and O–H groups in total. The fraction of sp³-hybridized carbons (Fsp3) is 0.273. The number of benzene rings is 1. The molecular formula is C11H10FNO2. The molecular weight excluding hydrogens is 197 g/mol. The van der Waals surface area contributed by atoms with Crippen molar-refractivity contribution in [1.29, 1.82) is 0 Å². The zero-order chi connectivity index (χ0) is 11.0. The molecule has 1 aliphatic rings. The first-order valence-electron chi connectivity index (χ1n) is 4.65. The highest BCUT2D eigenvalue weighted by Crippen LogP contribution is 2.22. The normalized spacial score (nSPS) is 16.3. The fourth-order valence-corrected chi connectivity index (χ4v) is 1.69. The van der Waals surface area contributed by atoms with Gasteiger partial charge in [-0.25, -0.2) is 4.39 Å². The first-order chi connectivity index (χ1) is 7.06. The van der Waals surface area contributed by atoms with Gasteiger partial charge in [0.2, 0.25) is 5.91 Å². The molecule has 0 saturated carbocycles. The van der Waals surface area contributed by atoms with Crippen molar-refractivity contribution in [1.82, 2.24) is 0 Å². The van der Waals surface area contributed by atoms with Gasteiger partial charge in [0, 0.05) is 5.69 Å². The number of hydrogen-bond donors (Lipinski definition) is 0. The van der Waals surface area contributed by atoms with Crippen LogP contribution in [0.3, 0.4) is 0 Å². The molecule has 0 atom stereocenters. The molecule has 1 aromatic carbocycles. The van der Waals surface area contributed by atoms with Crippen LogP contribution in [0.4, 0.5) is 10.1 Å². The van der Waals surface area contributed by atoms with Crippen molar-refractivity contribution in [2.45, 2.75) is 13.3 Å². The standard InChI is InChI=1S/C11H10FNO2/c1-7-2-8(12)4-9(3-7)13-6-10(14)5-11(13)15/h2-4H,5-6H2,1H3. The Morgan fingerprint density at radius 3 is 2.53 bits per heavy atom. The molecule has 1 fully saturated rings. The van der Waals surface area contributed by atoms with Crippen LogP contribution in [0.1, 0.15) is 12.0 Å². The molecule has 1 aromatic rings. The van der Waals surface area contributed by atoms with Crippen LogP contribution in [0, 0.1) is 12.7 Å². The summed E-state index contributed by atoms with van der Waals surface area (Å²) >= 11 is 0. The van der Waals surface area contributed by atoms with E-state index in [4.69, 9.17) is 0 Å². The third kappa shape index (κ3) is 1.88. The molecule has 78 valence electrons. The monoisotopic (exact) mass is 207 g/mol. The Morgan fingerprint density at radius 1 is 1.27 bits per heavy atom. The first kappa shape index (κ1) is 9.83. The SMILES string of the molecule is Cc1cc(F)cc(N2CC(=O)CC2=O)c1. The molecule has 0 bridgehead atoms. The van der Waals surface area contributed by atoms with Gasteiger partial charge in [-0.15, -0.1) is 0 Å². The molecule has 4 heteroatoms. The number of carbonyl (C=O) groups is 2. The molecule has 1 amide bonds. The van der Waals surface area contributed by atoms with Crippen LogP contribution >= 0.6 is 0 Å². The minimum absolute atomic E-state index is 0.0573. The van der Waals surface area contributed by atoms with Crippen molar-refractivity contribution in [2.24, 2.45) is 0 Å². The summed E-state index contributed by atoms with van der Waals surface area (Å²) < 4.78 is 13.1. The molecule has 1 aliphatic heterocycles. The minimum atomic E-state index is -0.392. The second-order valence-corrected chi connectivity index (χ2v) is 3.68. The Kier molecular flexibility index (Phi) is 2.26. The van der Waals surface area contributed by atoms with E-state index in [0.717, 1.165) is 5.56 Å². The maximum Gasteiger partial charge on any atom is 0.234 e. The van der Waals surface area contributed by atoms with E-state index >= 15 is 0 Å².